The van der Waals surface area contributed by atoms with Crippen molar-refractivity contribution in [3.8, 4) is 5.75 Å². The van der Waals surface area contributed by atoms with E-state index >= 15 is 0 Å². The number of piperidine rings is 1. The molecule has 4 rings (SSSR count). The van der Waals surface area contributed by atoms with E-state index in [1.165, 1.54) is 10.5 Å². The molecule has 0 radical (unpaired) electrons. The standard InChI is InChI=1S/C34H47N3O5/c1-33(2,3)23-16-17-25(42-8)22(19-23)20-35-27-26(34(4,5)6)29(32(40)41)37(28(27)21-13-10-9-11-14-21)31(39)24-15-12-18-36(7)30(24)38/h9-11,13-14,16-17,19,24,26-29,35H,12,15,18,20H2,1-8H3,(H,40,41)/t24-,26+,27+,28+,29+/m1/s1. The summed E-state index contributed by atoms with van der Waals surface area (Å²) in [4.78, 5) is 43.8. The number of rotatable bonds is 7. The van der Waals surface area contributed by atoms with E-state index < -0.39 is 47.3 Å². The number of likely N-dealkylation sites (tertiary alicyclic amines) is 2. The molecule has 2 aliphatic rings. The maximum absolute atomic E-state index is 14.4. The molecule has 0 spiro atoms. The van der Waals surface area contributed by atoms with Crippen molar-refractivity contribution in [2.45, 2.75) is 84.5 Å². The van der Waals surface area contributed by atoms with Gasteiger partial charge in [-0.25, -0.2) is 4.79 Å². The van der Waals surface area contributed by atoms with E-state index in [-0.39, 0.29) is 11.3 Å². The summed E-state index contributed by atoms with van der Waals surface area (Å²) in [7, 11) is 3.35. The molecule has 8 nitrogen and oxygen atoms in total. The summed E-state index contributed by atoms with van der Waals surface area (Å²) >= 11 is 0. The lowest BCUT2D eigenvalue weighted by molar-refractivity contribution is -0.158. The van der Waals surface area contributed by atoms with Crippen molar-refractivity contribution in [1.82, 2.24) is 15.1 Å². The molecule has 228 valence electrons. The Kier molecular flexibility index (Phi) is 9.07. The van der Waals surface area contributed by atoms with Gasteiger partial charge < -0.3 is 25.0 Å². The van der Waals surface area contributed by atoms with Crippen LogP contribution in [0, 0.1) is 17.3 Å². The minimum absolute atomic E-state index is 0.0633. The van der Waals surface area contributed by atoms with Crippen LogP contribution in [0.15, 0.2) is 48.5 Å². The first-order chi connectivity index (χ1) is 19.7. The Morgan fingerprint density at radius 1 is 1.05 bits per heavy atom. The molecule has 2 amide bonds. The minimum atomic E-state index is -1.11. The van der Waals surface area contributed by atoms with E-state index in [2.05, 4.69) is 38.2 Å². The highest BCUT2D eigenvalue weighted by Gasteiger charge is 2.59. The van der Waals surface area contributed by atoms with Crippen LogP contribution in [0.1, 0.15) is 77.1 Å². The van der Waals surface area contributed by atoms with Crippen LogP contribution in [-0.4, -0.2) is 65.5 Å². The van der Waals surface area contributed by atoms with Crippen LogP contribution in [0.5, 0.6) is 5.75 Å². The number of carbonyl (C=O) groups is 3. The number of hydrogen-bond acceptors (Lipinski definition) is 5. The third kappa shape index (κ3) is 6.19. The van der Waals surface area contributed by atoms with Crippen molar-refractivity contribution in [2.75, 3.05) is 20.7 Å². The van der Waals surface area contributed by atoms with Gasteiger partial charge in [0.2, 0.25) is 11.8 Å². The number of benzene rings is 2. The summed E-state index contributed by atoms with van der Waals surface area (Å²) < 4.78 is 5.71. The number of hydrogen-bond donors (Lipinski definition) is 2. The lowest BCUT2D eigenvalue weighted by Gasteiger charge is -2.36. The third-order valence-corrected chi connectivity index (χ3v) is 8.95. The molecule has 5 atom stereocenters. The summed E-state index contributed by atoms with van der Waals surface area (Å²) in [6.45, 7) is 13.6. The average Bonchev–Trinajstić information content (AvgIpc) is 3.29. The lowest BCUT2D eigenvalue weighted by atomic mass is 9.72. The first-order valence-corrected chi connectivity index (χ1v) is 14.9. The van der Waals surface area contributed by atoms with Crippen LogP contribution in [0.3, 0.4) is 0 Å². The number of carboxylic acid groups (broad SMARTS) is 1. The smallest absolute Gasteiger partial charge is 0.326 e. The van der Waals surface area contributed by atoms with Gasteiger partial charge in [-0.2, -0.15) is 0 Å². The fourth-order valence-electron chi connectivity index (χ4n) is 6.78. The van der Waals surface area contributed by atoms with Gasteiger partial charge in [0.15, 0.2) is 0 Å². The molecule has 2 aliphatic heterocycles. The Balaban J connectivity index is 1.83. The predicted octanol–water partition coefficient (Wildman–Crippen LogP) is 5.02. The molecule has 8 heteroatoms. The summed E-state index contributed by atoms with van der Waals surface area (Å²) in [5.74, 6) is -2.29. The molecular weight excluding hydrogens is 530 g/mol. The number of ether oxygens (including phenoxy) is 1. The number of nitrogens with zero attached hydrogens (tertiary/aromatic N) is 2. The van der Waals surface area contributed by atoms with Gasteiger partial charge in [-0.15, -0.1) is 0 Å². The van der Waals surface area contributed by atoms with Gasteiger partial charge in [-0.1, -0.05) is 84.0 Å². The van der Waals surface area contributed by atoms with E-state index in [0.717, 1.165) is 16.9 Å². The van der Waals surface area contributed by atoms with E-state index in [1.807, 2.05) is 57.2 Å². The lowest BCUT2D eigenvalue weighted by Crippen LogP contribution is -2.52. The minimum Gasteiger partial charge on any atom is -0.496 e. The number of aliphatic carboxylic acids is 1. The Labute approximate surface area is 250 Å². The first kappa shape index (κ1) is 31.5. The summed E-state index contributed by atoms with van der Waals surface area (Å²) in [5, 5.41) is 14.4. The number of amides is 2. The Bertz CT molecular complexity index is 1300. The zero-order valence-electron chi connectivity index (χ0n) is 26.3. The predicted molar refractivity (Wildman–Crippen MR) is 163 cm³/mol. The third-order valence-electron chi connectivity index (χ3n) is 8.95. The molecule has 2 saturated heterocycles. The highest BCUT2D eigenvalue weighted by Crippen LogP contribution is 2.49. The Morgan fingerprint density at radius 3 is 2.29 bits per heavy atom. The van der Waals surface area contributed by atoms with Crippen molar-refractivity contribution < 1.29 is 24.2 Å². The highest BCUT2D eigenvalue weighted by atomic mass is 16.5. The van der Waals surface area contributed by atoms with Crippen molar-refractivity contribution >= 4 is 17.8 Å². The second-order valence-electron chi connectivity index (χ2n) is 13.9. The highest BCUT2D eigenvalue weighted by molar-refractivity contribution is 6.02. The fraction of sp³-hybridized carbons (Fsp3) is 0.559. The number of carbonyl (C=O) groups excluding carboxylic acids is 2. The summed E-state index contributed by atoms with van der Waals surface area (Å²) in [6, 6.07) is 13.7. The largest absolute Gasteiger partial charge is 0.496 e. The van der Waals surface area contributed by atoms with Crippen LogP contribution in [0.25, 0.3) is 0 Å². The van der Waals surface area contributed by atoms with E-state index in [9.17, 15) is 19.5 Å². The fourth-order valence-corrected chi connectivity index (χ4v) is 6.78. The van der Waals surface area contributed by atoms with Gasteiger partial charge in [-0.3, -0.25) is 9.59 Å². The zero-order chi connectivity index (χ0) is 31.0. The first-order valence-electron chi connectivity index (χ1n) is 14.9. The van der Waals surface area contributed by atoms with E-state index in [4.69, 9.17) is 4.74 Å². The zero-order valence-corrected chi connectivity index (χ0v) is 26.3. The topological polar surface area (TPSA) is 99.2 Å². The van der Waals surface area contributed by atoms with Crippen molar-refractivity contribution in [2.24, 2.45) is 17.3 Å². The van der Waals surface area contributed by atoms with Gasteiger partial charge in [0, 0.05) is 37.7 Å². The maximum Gasteiger partial charge on any atom is 0.326 e. The number of carboxylic acids is 1. The number of nitrogens with one attached hydrogen (secondary N) is 1. The Hall–Kier alpha value is -3.39. The van der Waals surface area contributed by atoms with E-state index in [0.29, 0.717) is 25.9 Å². The van der Waals surface area contributed by atoms with Gasteiger partial charge in [0.1, 0.15) is 17.7 Å². The molecule has 42 heavy (non-hydrogen) atoms. The van der Waals surface area contributed by atoms with Crippen molar-refractivity contribution in [3.05, 3.63) is 65.2 Å². The van der Waals surface area contributed by atoms with Gasteiger partial charge in [0.05, 0.1) is 13.2 Å². The molecule has 0 unspecified atom stereocenters. The quantitative estimate of drug-likeness (QED) is 0.449. The van der Waals surface area contributed by atoms with Gasteiger partial charge in [0.25, 0.3) is 0 Å². The maximum atomic E-state index is 14.4. The molecule has 2 aromatic rings. The number of methoxy groups -OCH3 is 1. The molecule has 0 aliphatic carbocycles. The summed E-state index contributed by atoms with van der Waals surface area (Å²) in [5.41, 5.74) is 2.43. The summed E-state index contributed by atoms with van der Waals surface area (Å²) in [6.07, 6.45) is 1.12. The molecule has 2 aromatic carbocycles. The molecule has 0 aromatic heterocycles. The molecule has 2 heterocycles. The molecule has 2 N–H and O–H groups in total. The van der Waals surface area contributed by atoms with Crippen LogP contribution >= 0.6 is 0 Å². The van der Waals surface area contributed by atoms with Gasteiger partial charge in [-0.05, 0) is 40.9 Å². The van der Waals surface area contributed by atoms with Crippen LogP contribution in [0.2, 0.25) is 0 Å². The van der Waals surface area contributed by atoms with Crippen molar-refractivity contribution in [1.29, 1.82) is 0 Å². The van der Waals surface area contributed by atoms with Crippen LogP contribution < -0.4 is 10.1 Å². The SMILES string of the molecule is COc1ccc(C(C)(C)C)cc1CN[C@H]1[C@H](C(C)(C)C)[C@@H](C(=O)O)N(C(=O)[C@@H]2CCCN(C)C2=O)[C@H]1c1ccccc1. The molecule has 0 saturated carbocycles. The molecular formula is C34H47N3O5. The molecule has 2 fully saturated rings. The monoisotopic (exact) mass is 577 g/mol. The second-order valence-corrected chi connectivity index (χ2v) is 13.9. The molecule has 0 bridgehead atoms. The van der Waals surface area contributed by atoms with E-state index in [1.54, 1.807) is 19.1 Å². The normalized spacial score (nSPS) is 25.0. The van der Waals surface area contributed by atoms with Gasteiger partial charge >= 0.3 is 5.97 Å². The average molecular weight is 578 g/mol. The van der Waals surface area contributed by atoms with Crippen molar-refractivity contribution in [3.63, 3.8) is 0 Å². The van der Waals surface area contributed by atoms with Crippen LogP contribution in [0.4, 0.5) is 0 Å². The Morgan fingerprint density at radius 2 is 1.71 bits per heavy atom. The van der Waals surface area contributed by atoms with Crippen LogP contribution in [-0.2, 0) is 26.3 Å². The second kappa shape index (κ2) is 12.1.